The van der Waals surface area contributed by atoms with Crippen molar-refractivity contribution in [3.8, 4) is 5.75 Å². The molecule has 0 bridgehead atoms. The van der Waals surface area contributed by atoms with Crippen LogP contribution in [0.1, 0.15) is 31.4 Å². The molecule has 1 fully saturated rings. The molecule has 2 unspecified atom stereocenters. The van der Waals surface area contributed by atoms with Crippen LogP contribution in [0.25, 0.3) is 0 Å². The molecule has 0 aliphatic carbocycles. The Labute approximate surface area is 122 Å². The Bertz CT molecular complexity index is 559. The molecule has 106 valence electrons. The van der Waals surface area contributed by atoms with Gasteiger partial charge in [-0.15, -0.1) is 0 Å². The monoisotopic (exact) mass is 347 g/mol. The Morgan fingerprint density at radius 2 is 2.26 bits per heavy atom. The fraction of sp³-hybridized carbons (Fsp3) is 0.538. The van der Waals surface area contributed by atoms with Gasteiger partial charge in [0.25, 0.3) is 0 Å². The lowest BCUT2D eigenvalue weighted by atomic mass is 10.0. The minimum atomic E-state index is -2.88. The molecule has 2 rings (SSSR count). The Kier molecular flexibility index (Phi) is 4.53. The normalized spacial score (nSPS) is 23.4. The molecule has 1 aliphatic rings. The van der Waals surface area contributed by atoms with Gasteiger partial charge in [0.1, 0.15) is 5.75 Å². The Balaban J connectivity index is 2.14. The van der Waals surface area contributed by atoms with Gasteiger partial charge in [0.05, 0.1) is 11.5 Å². The quantitative estimate of drug-likeness (QED) is 0.877. The van der Waals surface area contributed by atoms with Crippen LogP contribution < -0.4 is 5.32 Å². The average Bonchev–Trinajstić information content (AvgIpc) is 2.69. The molecule has 2 N–H and O–H groups in total. The summed E-state index contributed by atoms with van der Waals surface area (Å²) in [6, 6.07) is 5.25. The highest BCUT2D eigenvalue weighted by Gasteiger charge is 2.29. The largest absolute Gasteiger partial charge is 0.508 e. The van der Waals surface area contributed by atoms with Crippen molar-refractivity contribution in [3.63, 3.8) is 0 Å². The first-order valence-electron chi connectivity index (χ1n) is 6.36. The number of rotatable bonds is 4. The number of hydrogen-bond donors (Lipinski definition) is 2. The lowest BCUT2D eigenvalue weighted by Crippen LogP contribution is -2.33. The number of phenols is 1. The first-order valence-corrected chi connectivity index (χ1v) is 8.97. The van der Waals surface area contributed by atoms with Crippen molar-refractivity contribution in [3.05, 3.63) is 28.2 Å². The van der Waals surface area contributed by atoms with Gasteiger partial charge < -0.3 is 10.4 Å². The summed E-state index contributed by atoms with van der Waals surface area (Å²) < 4.78 is 23.8. The van der Waals surface area contributed by atoms with Crippen LogP contribution in [0.3, 0.4) is 0 Å². The van der Waals surface area contributed by atoms with E-state index in [9.17, 15) is 13.5 Å². The molecule has 19 heavy (non-hydrogen) atoms. The van der Waals surface area contributed by atoms with Gasteiger partial charge in [-0.05, 0) is 31.0 Å². The Hall–Kier alpha value is -0.590. The smallest absolute Gasteiger partial charge is 0.151 e. The molecule has 0 spiro atoms. The van der Waals surface area contributed by atoms with Crippen molar-refractivity contribution in [2.75, 3.05) is 11.5 Å². The molecule has 0 radical (unpaired) electrons. The first-order chi connectivity index (χ1) is 8.91. The summed E-state index contributed by atoms with van der Waals surface area (Å²) in [7, 11) is -2.88. The minimum absolute atomic E-state index is 0.0201. The molecule has 0 aromatic heterocycles. The highest BCUT2D eigenvalue weighted by Crippen LogP contribution is 2.30. The van der Waals surface area contributed by atoms with Crippen LogP contribution in [0.5, 0.6) is 5.75 Å². The molecule has 6 heteroatoms. The average molecular weight is 348 g/mol. The number of hydrogen-bond acceptors (Lipinski definition) is 4. The summed E-state index contributed by atoms with van der Waals surface area (Å²) in [5.41, 5.74) is 0.807. The molecule has 0 saturated carbocycles. The van der Waals surface area contributed by atoms with Gasteiger partial charge in [-0.1, -0.05) is 22.9 Å². The highest BCUT2D eigenvalue weighted by atomic mass is 79.9. The maximum atomic E-state index is 11.5. The van der Waals surface area contributed by atoms with E-state index in [2.05, 4.69) is 21.2 Å². The number of sulfone groups is 1. The van der Waals surface area contributed by atoms with Crippen LogP contribution >= 0.6 is 15.9 Å². The van der Waals surface area contributed by atoms with Crippen molar-refractivity contribution in [1.82, 2.24) is 5.32 Å². The van der Waals surface area contributed by atoms with Crippen LogP contribution in [0, 0.1) is 0 Å². The summed E-state index contributed by atoms with van der Waals surface area (Å²) in [5.74, 6) is 0.688. The van der Waals surface area contributed by atoms with Gasteiger partial charge in [0, 0.05) is 22.1 Å². The first kappa shape index (κ1) is 14.8. The van der Waals surface area contributed by atoms with Crippen molar-refractivity contribution < 1.29 is 13.5 Å². The predicted octanol–water partition coefficient (Wildman–Crippen LogP) is 2.38. The standard InChI is InChI=1S/C13H18BrNO3S/c1-2-12(11-7-9(14)3-4-13(11)16)15-10-5-6-19(17,18)8-10/h3-4,7,10,12,15-16H,2,5-6,8H2,1H3. The van der Waals surface area contributed by atoms with Gasteiger partial charge in [-0.3, -0.25) is 0 Å². The maximum Gasteiger partial charge on any atom is 0.151 e. The summed E-state index contributed by atoms with van der Waals surface area (Å²) in [6.07, 6.45) is 1.44. The fourth-order valence-corrected chi connectivity index (χ4v) is 4.51. The molecule has 0 amide bonds. The van der Waals surface area contributed by atoms with Crippen LogP contribution in [0.15, 0.2) is 22.7 Å². The second kappa shape index (κ2) is 5.81. The lowest BCUT2D eigenvalue weighted by molar-refractivity contribution is 0.416. The Morgan fingerprint density at radius 3 is 2.84 bits per heavy atom. The third-order valence-corrected chi connectivity index (χ3v) is 5.70. The van der Waals surface area contributed by atoms with Crippen molar-refractivity contribution in [2.45, 2.75) is 31.8 Å². The second-order valence-corrected chi connectivity index (χ2v) is 8.07. The van der Waals surface area contributed by atoms with E-state index in [0.29, 0.717) is 6.42 Å². The van der Waals surface area contributed by atoms with E-state index in [0.717, 1.165) is 16.5 Å². The molecule has 1 aromatic carbocycles. The highest BCUT2D eigenvalue weighted by molar-refractivity contribution is 9.10. The predicted molar refractivity (Wildman–Crippen MR) is 79.0 cm³/mol. The van der Waals surface area contributed by atoms with Gasteiger partial charge >= 0.3 is 0 Å². The molecule has 4 nitrogen and oxygen atoms in total. The summed E-state index contributed by atoms with van der Waals surface area (Å²) in [4.78, 5) is 0. The van der Waals surface area contributed by atoms with E-state index in [1.807, 2.05) is 13.0 Å². The van der Waals surface area contributed by atoms with Crippen molar-refractivity contribution >= 4 is 25.8 Å². The maximum absolute atomic E-state index is 11.5. The van der Waals surface area contributed by atoms with E-state index in [-0.39, 0.29) is 29.3 Å². The number of halogens is 1. The zero-order valence-corrected chi connectivity index (χ0v) is 13.2. The van der Waals surface area contributed by atoms with Crippen LogP contribution in [-0.4, -0.2) is 31.1 Å². The van der Waals surface area contributed by atoms with Crippen molar-refractivity contribution in [1.29, 1.82) is 0 Å². The SMILES string of the molecule is CCC(NC1CCS(=O)(=O)C1)c1cc(Br)ccc1O. The summed E-state index contributed by atoms with van der Waals surface area (Å²) >= 11 is 3.39. The molecule has 1 heterocycles. The van der Waals surface area contributed by atoms with E-state index in [4.69, 9.17) is 0 Å². The van der Waals surface area contributed by atoms with Crippen LogP contribution in [-0.2, 0) is 9.84 Å². The summed E-state index contributed by atoms with van der Waals surface area (Å²) in [5, 5.41) is 13.3. The lowest BCUT2D eigenvalue weighted by Gasteiger charge is -2.22. The summed E-state index contributed by atoms with van der Waals surface area (Å²) in [6.45, 7) is 2.02. The van der Waals surface area contributed by atoms with Gasteiger partial charge in [-0.2, -0.15) is 0 Å². The van der Waals surface area contributed by atoms with Crippen LogP contribution in [0.2, 0.25) is 0 Å². The number of benzene rings is 1. The third-order valence-electron chi connectivity index (χ3n) is 3.44. The fourth-order valence-electron chi connectivity index (χ4n) is 2.44. The zero-order valence-electron chi connectivity index (χ0n) is 10.8. The molecule has 1 saturated heterocycles. The number of phenolic OH excluding ortho intramolecular Hbond substituents is 1. The molecule has 1 aliphatic heterocycles. The van der Waals surface area contributed by atoms with Gasteiger partial charge in [0.15, 0.2) is 9.84 Å². The second-order valence-electron chi connectivity index (χ2n) is 4.93. The van der Waals surface area contributed by atoms with E-state index >= 15 is 0 Å². The van der Waals surface area contributed by atoms with Gasteiger partial charge in [0.2, 0.25) is 0 Å². The number of aromatic hydroxyl groups is 1. The van der Waals surface area contributed by atoms with E-state index in [1.54, 1.807) is 12.1 Å². The molecule has 2 atom stereocenters. The number of nitrogens with one attached hydrogen (secondary N) is 1. The van der Waals surface area contributed by atoms with Crippen molar-refractivity contribution in [2.24, 2.45) is 0 Å². The van der Waals surface area contributed by atoms with E-state index in [1.165, 1.54) is 0 Å². The topological polar surface area (TPSA) is 66.4 Å². The van der Waals surface area contributed by atoms with Gasteiger partial charge in [-0.25, -0.2) is 8.42 Å². The Morgan fingerprint density at radius 1 is 1.53 bits per heavy atom. The van der Waals surface area contributed by atoms with Crippen LogP contribution in [0.4, 0.5) is 0 Å². The molecular formula is C13H18BrNO3S. The minimum Gasteiger partial charge on any atom is -0.508 e. The zero-order chi connectivity index (χ0) is 14.0. The molecular weight excluding hydrogens is 330 g/mol. The molecule has 1 aromatic rings. The van der Waals surface area contributed by atoms with E-state index < -0.39 is 9.84 Å². The third kappa shape index (κ3) is 3.70.